The van der Waals surface area contributed by atoms with Crippen molar-refractivity contribution in [1.82, 2.24) is 18.3 Å². The summed E-state index contributed by atoms with van der Waals surface area (Å²) in [7, 11) is 0. The maximum atomic E-state index is 12.6. The Morgan fingerprint density at radius 1 is 0.271 bits per heavy atom. The number of thiophene rings is 1. The van der Waals surface area contributed by atoms with E-state index in [1.807, 2.05) is 0 Å². The predicted octanol–water partition coefficient (Wildman–Crippen LogP) is 20.7. The molecule has 13 aromatic carbocycles. The van der Waals surface area contributed by atoms with Crippen molar-refractivity contribution in [1.29, 1.82) is 10.5 Å². The summed E-state index contributed by atoms with van der Waals surface area (Å²) in [4.78, 5) is 0. The van der Waals surface area contributed by atoms with Crippen molar-refractivity contribution < 1.29 is 0 Å². The molecule has 0 aliphatic heterocycles. The quantitative estimate of drug-likeness (QED) is 0.166. The Morgan fingerprint density at radius 2 is 0.659 bits per heavy atom. The molecule has 18 rings (SSSR count). The third-order valence-electron chi connectivity index (χ3n) is 17.8. The number of para-hydroxylation sites is 6. The van der Waals surface area contributed by atoms with Crippen LogP contribution in [0.2, 0.25) is 0 Å². The molecule has 0 spiro atoms. The van der Waals surface area contributed by atoms with E-state index in [0.29, 0.717) is 11.4 Å². The van der Waals surface area contributed by atoms with Crippen LogP contribution in [0.1, 0.15) is 11.1 Å². The lowest BCUT2D eigenvalue weighted by atomic mass is 9.91. The van der Waals surface area contributed by atoms with Crippen LogP contribution in [0.5, 0.6) is 0 Å². The normalized spacial score (nSPS) is 12.0. The summed E-state index contributed by atoms with van der Waals surface area (Å²) in [5, 5.41) is 38.3. The zero-order valence-corrected chi connectivity index (χ0v) is 46.3. The molecule has 0 saturated heterocycles. The van der Waals surface area contributed by atoms with Crippen molar-refractivity contribution in [3.8, 4) is 57.1 Å². The Labute approximate surface area is 490 Å². The highest BCUT2D eigenvalue weighted by Crippen LogP contribution is 2.52. The van der Waals surface area contributed by atoms with Crippen LogP contribution in [0, 0.1) is 22.7 Å². The lowest BCUT2D eigenvalue weighted by Gasteiger charge is -2.27. The molecule has 0 saturated carbocycles. The Balaban J connectivity index is 1.10. The van der Waals surface area contributed by atoms with Gasteiger partial charge in [-0.2, -0.15) is 10.5 Å². The zero-order chi connectivity index (χ0) is 56.0. The number of fused-ring (bicyclic) bond motifs is 17. The standard InChI is InChI=1S/C78H44N6S/c79-45-63-64(46-80)74(84-71-43-40-48(50-23-3-4-24-51(50)52-32-19-21-47-20-1-2-22-49(47)52)44-62(71)60-41-42-61-59-31-11-18-39-72(59)85-78(61)75(60)84)77(83-69-37-16-9-29-57(69)58-30-10-17-38-70(58)83)76(82-67-35-14-7-27-55(67)56-28-8-15-36-68(56)82)73(63)81-65-33-12-5-25-53(65)54-26-6-13-34-66(54)81/h1-44H. The number of nitrogens with zero attached hydrogens (tertiary/aromatic N) is 6. The molecule has 0 radical (unpaired) electrons. The molecular weight excluding hydrogens is 1050 g/mol. The third-order valence-corrected chi connectivity index (χ3v) is 19.0. The van der Waals surface area contributed by atoms with E-state index >= 15 is 0 Å². The van der Waals surface area contributed by atoms with Crippen LogP contribution in [-0.2, 0) is 0 Å². The number of aromatic nitrogens is 4. The molecule has 18 aromatic rings. The van der Waals surface area contributed by atoms with Crippen molar-refractivity contribution in [3.63, 3.8) is 0 Å². The molecule has 0 amide bonds. The summed E-state index contributed by atoms with van der Waals surface area (Å²) in [5.74, 6) is 0. The van der Waals surface area contributed by atoms with Gasteiger partial charge in [0.25, 0.3) is 0 Å². The van der Waals surface area contributed by atoms with Gasteiger partial charge < -0.3 is 18.3 Å². The summed E-state index contributed by atoms with van der Waals surface area (Å²) in [6, 6.07) is 101. The van der Waals surface area contributed by atoms with Crippen LogP contribution in [-0.4, -0.2) is 18.3 Å². The first-order chi connectivity index (χ1) is 42.2. The molecule has 0 N–H and O–H groups in total. The van der Waals surface area contributed by atoms with Crippen LogP contribution in [0.4, 0.5) is 0 Å². The minimum Gasteiger partial charge on any atom is -0.306 e. The van der Waals surface area contributed by atoms with Gasteiger partial charge in [-0.15, -0.1) is 11.3 Å². The number of hydrogen-bond acceptors (Lipinski definition) is 3. The van der Waals surface area contributed by atoms with Crippen LogP contribution in [0.25, 0.3) is 163 Å². The molecule has 7 heteroatoms. The molecule has 0 aliphatic carbocycles. The second-order valence-electron chi connectivity index (χ2n) is 22.1. The van der Waals surface area contributed by atoms with Crippen molar-refractivity contribution in [2.45, 2.75) is 0 Å². The van der Waals surface area contributed by atoms with E-state index < -0.39 is 0 Å². The van der Waals surface area contributed by atoms with Gasteiger partial charge in [0.2, 0.25) is 0 Å². The van der Waals surface area contributed by atoms with E-state index in [1.165, 1.54) is 26.4 Å². The van der Waals surface area contributed by atoms with E-state index in [2.05, 4.69) is 297 Å². The largest absolute Gasteiger partial charge is 0.306 e. The molecule has 5 heterocycles. The van der Waals surface area contributed by atoms with Gasteiger partial charge in [0.1, 0.15) is 12.1 Å². The van der Waals surface area contributed by atoms with Gasteiger partial charge in [0.15, 0.2) is 0 Å². The Morgan fingerprint density at radius 3 is 1.19 bits per heavy atom. The molecule has 392 valence electrons. The lowest BCUT2D eigenvalue weighted by Crippen LogP contribution is -2.17. The summed E-state index contributed by atoms with van der Waals surface area (Å²) in [5.41, 5.74) is 15.4. The number of benzene rings is 13. The smallest absolute Gasteiger partial charge is 0.103 e. The van der Waals surface area contributed by atoms with Crippen molar-refractivity contribution in [2.75, 3.05) is 0 Å². The Hall–Kier alpha value is -11.5. The topological polar surface area (TPSA) is 67.3 Å². The first-order valence-electron chi connectivity index (χ1n) is 28.6. The predicted molar refractivity (Wildman–Crippen MR) is 354 cm³/mol. The second-order valence-corrected chi connectivity index (χ2v) is 23.1. The maximum absolute atomic E-state index is 12.6. The lowest BCUT2D eigenvalue weighted by molar-refractivity contribution is 1.01. The highest BCUT2D eigenvalue weighted by Gasteiger charge is 2.35. The SMILES string of the molecule is N#Cc1c(C#N)c(-n2c3ccc(-c4ccccc4-c4cccc5ccccc45)cc3c3ccc4c5ccccc5sc4c32)c(-n2c3ccccc3c3ccccc32)c(-n2c3ccccc3c3ccccc32)c1-n1c2ccccc2c2ccccc21. The fourth-order valence-electron chi connectivity index (χ4n) is 14.4. The van der Waals surface area contributed by atoms with E-state index in [9.17, 15) is 10.5 Å². The van der Waals surface area contributed by atoms with Crippen LogP contribution < -0.4 is 0 Å². The highest BCUT2D eigenvalue weighted by atomic mass is 32.1. The average Bonchev–Trinajstić information content (AvgIpc) is 1.82. The fraction of sp³-hybridized carbons (Fsp3) is 0. The summed E-state index contributed by atoms with van der Waals surface area (Å²) in [6.07, 6.45) is 0. The average molecular weight is 1100 g/mol. The van der Waals surface area contributed by atoms with Crippen molar-refractivity contribution in [3.05, 3.63) is 278 Å². The minimum absolute atomic E-state index is 0.267. The van der Waals surface area contributed by atoms with Crippen LogP contribution in [0.3, 0.4) is 0 Å². The van der Waals surface area contributed by atoms with Gasteiger partial charge in [-0.25, -0.2) is 0 Å². The van der Waals surface area contributed by atoms with Gasteiger partial charge in [-0.05, 0) is 87.6 Å². The fourth-order valence-corrected chi connectivity index (χ4v) is 15.6. The van der Waals surface area contributed by atoms with E-state index in [4.69, 9.17) is 0 Å². The first kappa shape index (κ1) is 47.2. The summed E-state index contributed by atoms with van der Waals surface area (Å²) >= 11 is 1.77. The van der Waals surface area contributed by atoms with Crippen LogP contribution in [0.15, 0.2) is 267 Å². The molecule has 85 heavy (non-hydrogen) atoms. The number of rotatable bonds is 6. The van der Waals surface area contributed by atoms with Gasteiger partial charge in [-0.3, -0.25) is 0 Å². The second kappa shape index (κ2) is 18.0. The molecule has 5 aromatic heterocycles. The summed E-state index contributed by atoms with van der Waals surface area (Å²) < 4.78 is 11.7. The maximum Gasteiger partial charge on any atom is 0.103 e. The molecule has 0 bridgehead atoms. The molecule has 6 nitrogen and oxygen atoms in total. The molecular formula is C78H44N6S. The van der Waals surface area contributed by atoms with E-state index in [0.717, 1.165) is 125 Å². The molecule has 0 unspecified atom stereocenters. The monoisotopic (exact) mass is 1100 g/mol. The first-order valence-corrected chi connectivity index (χ1v) is 29.4. The molecule has 0 fully saturated rings. The van der Waals surface area contributed by atoms with Gasteiger partial charge in [0.05, 0.1) is 82.7 Å². The van der Waals surface area contributed by atoms with E-state index in [-0.39, 0.29) is 11.1 Å². The van der Waals surface area contributed by atoms with Crippen LogP contribution >= 0.6 is 11.3 Å². The Kier molecular flexibility index (Phi) is 10.00. The zero-order valence-electron chi connectivity index (χ0n) is 45.5. The number of hydrogen-bond donors (Lipinski definition) is 0. The molecule has 0 aliphatic rings. The van der Waals surface area contributed by atoms with Crippen molar-refractivity contribution >= 4 is 130 Å². The van der Waals surface area contributed by atoms with Gasteiger partial charge in [0, 0.05) is 58.6 Å². The Bertz CT molecular complexity index is 5860. The number of nitriles is 2. The minimum atomic E-state index is 0.267. The highest BCUT2D eigenvalue weighted by molar-refractivity contribution is 7.26. The van der Waals surface area contributed by atoms with Gasteiger partial charge >= 0.3 is 0 Å². The third kappa shape index (κ3) is 6.50. The molecule has 0 atom stereocenters. The van der Waals surface area contributed by atoms with E-state index in [1.54, 1.807) is 11.3 Å². The summed E-state index contributed by atoms with van der Waals surface area (Å²) in [6.45, 7) is 0. The van der Waals surface area contributed by atoms with Crippen molar-refractivity contribution in [2.24, 2.45) is 0 Å². The van der Waals surface area contributed by atoms with Gasteiger partial charge in [-0.1, -0.05) is 212 Å².